The third-order valence-electron chi connectivity index (χ3n) is 3.67. The normalized spacial score (nSPS) is 12.4. The van der Waals surface area contributed by atoms with E-state index >= 15 is 0 Å². The van der Waals surface area contributed by atoms with Crippen molar-refractivity contribution in [3.63, 3.8) is 0 Å². The predicted octanol–water partition coefficient (Wildman–Crippen LogP) is 3.49. The topological polar surface area (TPSA) is 37.8 Å². The van der Waals surface area contributed by atoms with Crippen LogP contribution in [-0.4, -0.2) is 16.5 Å². The summed E-state index contributed by atoms with van der Waals surface area (Å²) in [6.45, 7) is 9.62. The zero-order valence-electron chi connectivity index (χ0n) is 12.8. The van der Waals surface area contributed by atoms with Crippen LogP contribution in [0.15, 0.2) is 30.7 Å². The van der Waals surface area contributed by atoms with E-state index in [0.29, 0.717) is 0 Å². The molecule has 2 rings (SSSR count). The van der Waals surface area contributed by atoms with E-state index in [1.165, 1.54) is 22.3 Å². The van der Waals surface area contributed by atoms with Gasteiger partial charge in [0.25, 0.3) is 0 Å². The Morgan fingerprint density at radius 3 is 2.45 bits per heavy atom. The van der Waals surface area contributed by atoms with E-state index in [1.807, 2.05) is 6.20 Å². The highest BCUT2D eigenvalue weighted by Gasteiger charge is 2.17. The maximum Gasteiger partial charge on any atom is 0.0801 e. The summed E-state index contributed by atoms with van der Waals surface area (Å²) in [5.41, 5.74) is 6.22. The van der Waals surface area contributed by atoms with Crippen LogP contribution < -0.4 is 5.32 Å². The first-order valence-corrected chi connectivity index (χ1v) is 7.20. The first-order valence-electron chi connectivity index (χ1n) is 7.20. The highest BCUT2D eigenvalue weighted by atomic mass is 14.9. The molecule has 1 atom stereocenters. The van der Waals surface area contributed by atoms with Crippen molar-refractivity contribution in [1.29, 1.82) is 0 Å². The molecule has 0 spiro atoms. The summed E-state index contributed by atoms with van der Waals surface area (Å²) in [5.74, 6) is 0. The molecule has 0 amide bonds. The largest absolute Gasteiger partial charge is 0.305 e. The summed E-state index contributed by atoms with van der Waals surface area (Å²) in [6, 6.07) is 4.64. The molecule has 3 nitrogen and oxygen atoms in total. The van der Waals surface area contributed by atoms with Crippen molar-refractivity contribution in [2.24, 2.45) is 0 Å². The second-order valence-electron chi connectivity index (χ2n) is 5.31. The number of aryl methyl sites for hydroxylation is 3. The third kappa shape index (κ3) is 3.23. The van der Waals surface area contributed by atoms with Gasteiger partial charge in [-0.1, -0.05) is 19.1 Å². The van der Waals surface area contributed by atoms with Crippen LogP contribution in [0.25, 0.3) is 0 Å². The van der Waals surface area contributed by atoms with Gasteiger partial charge in [0.15, 0.2) is 0 Å². The lowest BCUT2D eigenvalue weighted by molar-refractivity contribution is 0.581. The van der Waals surface area contributed by atoms with Crippen LogP contribution in [0.5, 0.6) is 0 Å². The molecule has 0 saturated heterocycles. The van der Waals surface area contributed by atoms with E-state index in [4.69, 9.17) is 0 Å². The van der Waals surface area contributed by atoms with Gasteiger partial charge < -0.3 is 5.32 Å². The van der Waals surface area contributed by atoms with Gasteiger partial charge >= 0.3 is 0 Å². The average molecular weight is 269 g/mol. The SMILES string of the molecule is CCCNC(c1cnccn1)c1cc(C)c(C)cc1C. The fourth-order valence-electron chi connectivity index (χ4n) is 2.42. The molecule has 1 aromatic carbocycles. The van der Waals surface area contributed by atoms with E-state index in [0.717, 1.165) is 18.7 Å². The van der Waals surface area contributed by atoms with Crippen molar-refractivity contribution in [3.8, 4) is 0 Å². The van der Waals surface area contributed by atoms with Crippen LogP contribution >= 0.6 is 0 Å². The number of benzene rings is 1. The lowest BCUT2D eigenvalue weighted by Gasteiger charge is -2.21. The first-order chi connectivity index (χ1) is 9.63. The predicted molar refractivity (Wildman–Crippen MR) is 82.8 cm³/mol. The highest BCUT2D eigenvalue weighted by Crippen LogP contribution is 2.25. The maximum absolute atomic E-state index is 4.48. The summed E-state index contributed by atoms with van der Waals surface area (Å²) >= 11 is 0. The number of aromatic nitrogens is 2. The summed E-state index contributed by atoms with van der Waals surface area (Å²) in [6.07, 6.45) is 6.42. The summed E-state index contributed by atoms with van der Waals surface area (Å²) in [7, 11) is 0. The van der Waals surface area contributed by atoms with Crippen molar-refractivity contribution in [2.75, 3.05) is 6.54 Å². The van der Waals surface area contributed by atoms with Gasteiger partial charge in [-0.3, -0.25) is 9.97 Å². The van der Waals surface area contributed by atoms with Gasteiger partial charge in [0.2, 0.25) is 0 Å². The van der Waals surface area contributed by atoms with E-state index in [1.54, 1.807) is 12.4 Å². The Morgan fingerprint density at radius 2 is 1.80 bits per heavy atom. The summed E-state index contributed by atoms with van der Waals surface area (Å²) in [4.78, 5) is 8.68. The van der Waals surface area contributed by atoms with E-state index in [2.05, 4.69) is 55.1 Å². The minimum atomic E-state index is 0.114. The first kappa shape index (κ1) is 14.7. The molecule has 1 N–H and O–H groups in total. The molecule has 1 aromatic heterocycles. The Morgan fingerprint density at radius 1 is 1.05 bits per heavy atom. The monoisotopic (exact) mass is 269 g/mol. The molecule has 0 aliphatic rings. The quantitative estimate of drug-likeness (QED) is 0.903. The molecule has 20 heavy (non-hydrogen) atoms. The van der Waals surface area contributed by atoms with Crippen LogP contribution in [0.1, 0.15) is 47.3 Å². The summed E-state index contributed by atoms with van der Waals surface area (Å²) in [5, 5.41) is 3.59. The molecule has 1 unspecified atom stereocenters. The van der Waals surface area contributed by atoms with Crippen molar-refractivity contribution < 1.29 is 0 Å². The second-order valence-corrected chi connectivity index (χ2v) is 5.31. The molecular formula is C17H23N3. The number of hydrogen-bond acceptors (Lipinski definition) is 3. The molecule has 0 bridgehead atoms. The minimum absolute atomic E-state index is 0.114. The maximum atomic E-state index is 4.48. The van der Waals surface area contributed by atoms with Gasteiger partial charge in [-0.05, 0) is 56.0 Å². The molecule has 0 fully saturated rings. The lowest BCUT2D eigenvalue weighted by Crippen LogP contribution is -2.25. The standard InChI is InChI=1S/C17H23N3/c1-5-6-20-17(16-11-18-7-8-19-16)15-10-13(3)12(2)9-14(15)4/h7-11,17,20H,5-6H2,1-4H3. The van der Waals surface area contributed by atoms with E-state index < -0.39 is 0 Å². The highest BCUT2D eigenvalue weighted by molar-refractivity contribution is 5.40. The number of nitrogens with zero attached hydrogens (tertiary/aromatic N) is 2. The third-order valence-corrected chi connectivity index (χ3v) is 3.67. The zero-order chi connectivity index (χ0) is 14.5. The molecule has 3 heteroatoms. The minimum Gasteiger partial charge on any atom is -0.305 e. The van der Waals surface area contributed by atoms with Crippen LogP contribution in [0.4, 0.5) is 0 Å². The van der Waals surface area contributed by atoms with Crippen LogP contribution in [0, 0.1) is 20.8 Å². The molecule has 0 saturated carbocycles. The second kappa shape index (κ2) is 6.62. The fraction of sp³-hybridized carbons (Fsp3) is 0.412. The van der Waals surface area contributed by atoms with Crippen LogP contribution in [0.2, 0.25) is 0 Å². The molecule has 0 aliphatic carbocycles. The summed E-state index contributed by atoms with van der Waals surface area (Å²) < 4.78 is 0. The zero-order valence-corrected chi connectivity index (χ0v) is 12.8. The Balaban J connectivity index is 2.44. The molecule has 0 radical (unpaired) electrons. The Bertz CT molecular complexity index is 564. The van der Waals surface area contributed by atoms with Gasteiger partial charge in [-0.2, -0.15) is 0 Å². The van der Waals surface area contributed by atoms with Gasteiger partial charge in [0.05, 0.1) is 17.9 Å². The van der Waals surface area contributed by atoms with Gasteiger partial charge in [-0.25, -0.2) is 0 Å². The van der Waals surface area contributed by atoms with Crippen molar-refractivity contribution in [1.82, 2.24) is 15.3 Å². The van der Waals surface area contributed by atoms with Gasteiger partial charge in [0, 0.05) is 12.4 Å². The molecule has 106 valence electrons. The van der Waals surface area contributed by atoms with Crippen LogP contribution in [0.3, 0.4) is 0 Å². The molecule has 1 heterocycles. The smallest absolute Gasteiger partial charge is 0.0801 e. The van der Waals surface area contributed by atoms with Crippen LogP contribution in [-0.2, 0) is 0 Å². The number of nitrogens with one attached hydrogen (secondary N) is 1. The lowest BCUT2D eigenvalue weighted by atomic mass is 9.94. The number of rotatable bonds is 5. The molecular weight excluding hydrogens is 246 g/mol. The van der Waals surface area contributed by atoms with Crippen molar-refractivity contribution in [2.45, 2.75) is 40.2 Å². The Labute approximate surface area is 121 Å². The van der Waals surface area contributed by atoms with Crippen molar-refractivity contribution in [3.05, 3.63) is 58.7 Å². The number of hydrogen-bond donors (Lipinski definition) is 1. The van der Waals surface area contributed by atoms with E-state index in [9.17, 15) is 0 Å². The molecule has 0 aliphatic heterocycles. The van der Waals surface area contributed by atoms with E-state index in [-0.39, 0.29) is 6.04 Å². The Kier molecular flexibility index (Phi) is 4.85. The van der Waals surface area contributed by atoms with Gasteiger partial charge in [-0.15, -0.1) is 0 Å². The van der Waals surface area contributed by atoms with Gasteiger partial charge in [0.1, 0.15) is 0 Å². The van der Waals surface area contributed by atoms with Crippen molar-refractivity contribution >= 4 is 0 Å². The Hall–Kier alpha value is -1.74. The average Bonchev–Trinajstić information content (AvgIpc) is 2.45. The fourth-order valence-corrected chi connectivity index (χ4v) is 2.42. The molecule has 2 aromatic rings.